The van der Waals surface area contributed by atoms with E-state index in [4.69, 9.17) is 4.74 Å². The van der Waals surface area contributed by atoms with Crippen molar-refractivity contribution in [1.82, 2.24) is 4.98 Å². The number of carbonyl (C=O) groups excluding carboxylic acids is 1. The maximum Gasteiger partial charge on any atom is 0.340 e. The average Bonchev–Trinajstić information content (AvgIpc) is 2.88. The summed E-state index contributed by atoms with van der Waals surface area (Å²) in [4.78, 5) is 14.5. The van der Waals surface area contributed by atoms with Crippen LogP contribution in [-0.4, -0.2) is 17.6 Å². The molecule has 2 aromatic rings. The van der Waals surface area contributed by atoms with E-state index in [1.807, 2.05) is 23.0 Å². The second-order valence-electron chi connectivity index (χ2n) is 3.02. The molecule has 0 aliphatic heterocycles. The van der Waals surface area contributed by atoms with Crippen LogP contribution in [0.2, 0.25) is 0 Å². The Morgan fingerprint density at radius 3 is 3.07 bits per heavy atom. The van der Waals surface area contributed by atoms with Gasteiger partial charge in [0.1, 0.15) is 0 Å². The van der Waals surface area contributed by atoms with Crippen molar-refractivity contribution < 1.29 is 9.53 Å². The molecular formula is C11H11NO2S. The van der Waals surface area contributed by atoms with Crippen LogP contribution in [0.5, 0.6) is 0 Å². The smallest absolute Gasteiger partial charge is 0.340 e. The van der Waals surface area contributed by atoms with E-state index in [1.165, 1.54) is 0 Å². The lowest BCUT2D eigenvalue weighted by Crippen LogP contribution is -2.04. The molecule has 3 nitrogen and oxygen atoms in total. The van der Waals surface area contributed by atoms with Crippen LogP contribution in [0.1, 0.15) is 17.3 Å². The van der Waals surface area contributed by atoms with Crippen molar-refractivity contribution in [3.8, 4) is 11.1 Å². The number of esters is 1. The lowest BCUT2D eigenvalue weighted by molar-refractivity contribution is 0.0527. The Morgan fingerprint density at radius 2 is 2.40 bits per heavy atom. The molecule has 78 valence electrons. The Bertz CT molecular complexity index is 445. The summed E-state index contributed by atoms with van der Waals surface area (Å²) in [6, 6.07) is 1.98. The fraction of sp³-hybridized carbons (Fsp3) is 0.182. The second-order valence-corrected chi connectivity index (χ2v) is 3.80. The molecule has 2 heterocycles. The lowest BCUT2D eigenvalue weighted by Gasteiger charge is -2.01. The monoisotopic (exact) mass is 221 g/mol. The lowest BCUT2D eigenvalue weighted by atomic mass is 10.1. The molecule has 1 N–H and O–H groups in total. The maximum absolute atomic E-state index is 11.6. The molecule has 0 bridgehead atoms. The molecule has 15 heavy (non-hydrogen) atoms. The highest BCUT2D eigenvalue weighted by Crippen LogP contribution is 2.26. The first kappa shape index (κ1) is 9.98. The van der Waals surface area contributed by atoms with Crippen LogP contribution >= 0.6 is 11.3 Å². The molecule has 4 heteroatoms. The van der Waals surface area contributed by atoms with E-state index in [9.17, 15) is 4.79 Å². The first-order valence-corrected chi connectivity index (χ1v) is 5.63. The van der Waals surface area contributed by atoms with E-state index < -0.39 is 0 Å². The third kappa shape index (κ3) is 1.94. The van der Waals surface area contributed by atoms with Crippen molar-refractivity contribution >= 4 is 17.3 Å². The summed E-state index contributed by atoms with van der Waals surface area (Å²) in [5.74, 6) is -0.278. The minimum atomic E-state index is -0.278. The highest BCUT2D eigenvalue weighted by Gasteiger charge is 2.14. The first-order chi connectivity index (χ1) is 7.33. The Kier molecular flexibility index (Phi) is 2.87. The quantitative estimate of drug-likeness (QED) is 0.810. The predicted octanol–water partition coefficient (Wildman–Crippen LogP) is 2.92. The molecule has 0 fully saturated rings. The van der Waals surface area contributed by atoms with Crippen LogP contribution in [0.25, 0.3) is 11.1 Å². The topological polar surface area (TPSA) is 42.1 Å². The zero-order valence-corrected chi connectivity index (χ0v) is 9.14. The first-order valence-electron chi connectivity index (χ1n) is 4.69. The number of aromatic nitrogens is 1. The molecule has 2 rings (SSSR count). The van der Waals surface area contributed by atoms with Crippen LogP contribution in [0.3, 0.4) is 0 Å². The van der Waals surface area contributed by atoms with E-state index in [-0.39, 0.29) is 5.97 Å². The number of aromatic amines is 1. The van der Waals surface area contributed by atoms with E-state index in [1.54, 1.807) is 24.5 Å². The van der Waals surface area contributed by atoms with Gasteiger partial charge in [-0.2, -0.15) is 11.3 Å². The van der Waals surface area contributed by atoms with E-state index >= 15 is 0 Å². The third-order valence-electron chi connectivity index (χ3n) is 2.07. The molecule has 0 aliphatic rings. The minimum absolute atomic E-state index is 0.278. The van der Waals surface area contributed by atoms with Gasteiger partial charge in [-0.25, -0.2) is 4.79 Å². The van der Waals surface area contributed by atoms with Crippen molar-refractivity contribution in [2.24, 2.45) is 0 Å². The Balaban J connectivity index is 2.34. The van der Waals surface area contributed by atoms with Crippen LogP contribution in [0.4, 0.5) is 0 Å². The van der Waals surface area contributed by atoms with Gasteiger partial charge in [-0.1, -0.05) is 0 Å². The van der Waals surface area contributed by atoms with Gasteiger partial charge in [0.15, 0.2) is 0 Å². The number of hydrogen-bond acceptors (Lipinski definition) is 3. The Morgan fingerprint density at radius 1 is 1.53 bits per heavy atom. The number of rotatable bonds is 3. The van der Waals surface area contributed by atoms with Crippen LogP contribution in [0.15, 0.2) is 29.2 Å². The van der Waals surface area contributed by atoms with Gasteiger partial charge in [0, 0.05) is 18.0 Å². The van der Waals surface area contributed by atoms with Gasteiger partial charge in [0.2, 0.25) is 0 Å². The van der Waals surface area contributed by atoms with E-state index in [2.05, 4.69) is 4.98 Å². The van der Waals surface area contributed by atoms with Gasteiger partial charge in [-0.15, -0.1) is 0 Å². The normalized spacial score (nSPS) is 10.2. The van der Waals surface area contributed by atoms with Crippen molar-refractivity contribution in [1.29, 1.82) is 0 Å². The fourth-order valence-electron chi connectivity index (χ4n) is 1.40. The summed E-state index contributed by atoms with van der Waals surface area (Å²) in [6.45, 7) is 2.20. The Labute approximate surface area is 91.7 Å². The van der Waals surface area contributed by atoms with Gasteiger partial charge in [-0.3, -0.25) is 0 Å². The van der Waals surface area contributed by atoms with Crippen LogP contribution in [0, 0.1) is 0 Å². The Hall–Kier alpha value is -1.55. The largest absolute Gasteiger partial charge is 0.462 e. The molecule has 0 unspecified atom stereocenters. The SMILES string of the molecule is CCOC(=O)c1c[nH]cc1-c1ccsc1. The van der Waals surface area contributed by atoms with E-state index in [0.717, 1.165) is 11.1 Å². The summed E-state index contributed by atoms with van der Waals surface area (Å²) in [5.41, 5.74) is 2.54. The van der Waals surface area contributed by atoms with Crippen molar-refractivity contribution in [3.63, 3.8) is 0 Å². The zero-order valence-electron chi connectivity index (χ0n) is 8.32. The number of nitrogens with one attached hydrogen (secondary N) is 1. The molecule has 0 spiro atoms. The van der Waals surface area contributed by atoms with Gasteiger partial charge < -0.3 is 9.72 Å². The predicted molar refractivity (Wildman–Crippen MR) is 60.1 cm³/mol. The number of H-pyrrole nitrogens is 1. The summed E-state index contributed by atoms with van der Waals surface area (Å²) in [5, 5.41) is 3.99. The molecule has 0 amide bonds. The summed E-state index contributed by atoms with van der Waals surface area (Å²) >= 11 is 1.61. The molecule has 0 saturated carbocycles. The van der Waals surface area contributed by atoms with Crippen molar-refractivity contribution in [2.75, 3.05) is 6.61 Å². The second kappa shape index (κ2) is 4.31. The average molecular weight is 221 g/mol. The molecular weight excluding hydrogens is 210 g/mol. The van der Waals surface area contributed by atoms with Crippen molar-refractivity contribution in [3.05, 3.63) is 34.8 Å². The number of ether oxygens (including phenoxy) is 1. The van der Waals surface area contributed by atoms with Crippen LogP contribution in [-0.2, 0) is 4.74 Å². The zero-order chi connectivity index (χ0) is 10.7. The highest BCUT2D eigenvalue weighted by atomic mass is 32.1. The van der Waals surface area contributed by atoms with E-state index in [0.29, 0.717) is 12.2 Å². The van der Waals surface area contributed by atoms with Crippen LogP contribution < -0.4 is 0 Å². The molecule has 0 radical (unpaired) electrons. The fourth-order valence-corrected chi connectivity index (χ4v) is 2.05. The van der Waals surface area contributed by atoms with Gasteiger partial charge in [0.05, 0.1) is 12.2 Å². The van der Waals surface area contributed by atoms with Gasteiger partial charge in [0.25, 0.3) is 0 Å². The maximum atomic E-state index is 11.6. The summed E-state index contributed by atoms with van der Waals surface area (Å²) in [7, 11) is 0. The number of thiophene rings is 1. The van der Waals surface area contributed by atoms with Gasteiger partial charge >= 0.3 is 5.97 Å². The highest BCUT2D eigenvalue weighted by molar-refractivity contribution is 7.08. The molecule has 0 aromatic carbocycles. The molecule has 2 aromatic heterocycles. The molecule has 0 saturated heterocycles. The molecule has 0 atom stereocenters. The third-order valence-corrected chi connectivity index (χ3v) is 2.76. The van der Waals surface area contributed by atoms with Crippen molar-refractivity contribution in [2.45, 2.75) is 6.92 Å². The standard InChI is InChI=1S/C11H11NO2S/c1-2-14-11(13)10-6-12-5-9(10)8-3-4-15-7-8/h3-7,12H,2H2,1H3. The summed E-state index contributed by atoms with van der Waals surface area (Å²) in [6.07, 6.45) is 3.49. The van der Waals surface area contributed by atoms with Gasteiger partial charge in [-0.05, 0) is 29.3 Å². The summed E-state index contributed by atoms with van der Waals surface area (Å²) < 4.78 is 4.97. The number of hydrogen-bond donors (Lipinski definition) is 1. The minimum Gasteiger partial charge on any atom is -0.462 e. The number of carbonyl (C=O) groups is 1. The molecule has 0 aliphatic carbocycles.